The molecule has 0 saturated heterocycles. The summed E-state index contributed by atoms with van der Waals surface area (Å²) in [6.07, 6.45) is 11.8. The van der Waals surface area contributed by atoms with Crippen LogP contribution >= 0.6 is 0 Å². The second-order valence-corrected chi connectivity index (χ2v) is 6.02. The van der Waals surface area contributed by atoms with Gasteiger partial charge in [0, 0.05) is 18.5 Å². The van der Waals surface area contributed by atoms with Gasteiger partial charge in [-0.1, -0.05) is 38.7 Å². The van der Waals surface area contributed by atoms with Crippen LogP contribution in [-0.4, -0.2) is 34.0 Å². The molecule has 0 atom stereocenters. The Bertz CT molecular complexity index is 365. The molecule has 0 spiro atoms. The molecule has 1 saturated carbocycles. The largest absolute Gasteiger partial charge is 0.481 e. The van der Waals surface area contributed by atoms with E-state index in [1.807, 2.05) is 11.8 Å². The molecule has 21 heavy (non-hydrogen) atoms. The highest BCUT2D eigenvalue weighted by Crippen LogP contribution is 2.38. The third-order valence-electron chi connectivity index (χ3n) is 4.42. The van der Waals surface area contributed by atoms with Crippen LogP contribution in [0.4, 0.5) is 0 Å². The number of hydrogen-bond acceptors (Lipinski definition) is 2. The molecular weight excluding hydrogens is 266 g/mol. The predicted molar refractivity (Wildman–Crippen MR) is 84.1 cm³/mol. The van der Waals surface area contributed by atoms with Crippen LogP contribution in [0.3, 0.4) is 0 Å². The topological polar surface area (TPSA) is 57.6 Å². The van der Waals surface area contributed by atoms with E-state index in [1.54, 1.807) is 12.2 Å². The molecule has 1 amide bonds. The van der Waals surface area contributed by atoms with Gasteiger partial charge in [0.25, 0.3) is 0 Å². The van der Waals surface area contributed by atoms with E-state index in [1.165, 1.54) is 19.3 Å². The van der Waals surface area contributed by atoms with Gasteiger partial charge in [0.15, 0.2) is 0 Å². The highest BCUT2D eigenvalue weighted by Gasteiger charge is 2.38. The van der Waals surface area contributed by atoms with E-state index in [9.17, 15) is 9.59 Å². The average molecular weight is 295 g/mol. The third-order valence-corrected chi connectivity index (χ3v) is 4.42. The van der Waals surface area contributed by atoms with Crippen LogP contribution < -0.4 is 0 Å². The number of amides is 1. The van der Waals surface area contributed by atoms with Crippen molar-refractivity contribution < 1.29 is 14.7 Å². The molecule has 120 valence electrons. The summed E-state index contributed by atoms with van der Waals surface area (Å²) < 4.78 is 0. The first-order valence-corrected chi connectivity index (χ1v) is 8.22. The number of carbonyl (C=O) groups excluding carboxylic acids is 1. The van der Waals surface area contributed by atoms with Crippen molar-refractivity contribution in [2.45, 2.75) is 77.2 Å². The SMILES string of the molecule is CC=CC(=O)N(CCCC(=O)O)C1(CCC)CCCCC1. The Hall–Kier alpha value is -1.32. The second-order valence-electron chi connectivity index (χ2n) is 6.02. The Morgan fingerprint density at radius 3 is 2.43 bits per heavy atom. The monoisotopic (exact) mass is 295 g/mol. The van der Waals surface area contributed by atoms with Crippen molar-refractivity contribution in [3.05, 3.63) is 12.2 Å². The minimum atomic E-state index is -0.790. The molecule has 1 aliphatic carbocycles. The van der Waals surface area contributed by atoms with Crippen LogP contribution in [0.25, 0.3) is 0 Å². The van der Waals surface area contributed by atoms with Crippen LogP contribution in [0.1, 0.15) is 71.6 Å². The van der Waals surface area contributed by atoms with Crippen molar-refractivity contribution in [1.82, 2.24) is 4.90 Å². The van der Waals surface area contributed by atoms with Crippen molar-refractivity contribution in [3.63, 3.8) is 0 Å². The Balaban J connectivity index is 2.88. The highest BCUT2D eigenvalue weighted by molar-refractivity contribution is 5.88. The van der Waals surface area contributed by atoms with Crippen LogP contribution in [0.15, 0.2) is 12.2 Å². The molecule has 0 bridgehead atoms. The summed E-state index contributed by atoms with van der Waals surface area (Å²) in [7, 11) is 0. The lowest BCUT2D eigenvalue weighted by Crippen LogP contribution is -2.53. The van der Waals surface area contributed by atoms with Gasteiger partial charge in [-0.25, -0.2) is 0 Å². The standard InChI is InChI=1S/C17H29NO3/c1-3-9-15(19)18(14-8-10-16(20)21)17(11-4-2)12-6-5-7-13-17/h3,9H,4-8,10-14H2,1-2H3,(H,20,21). The normalized spacial score (nSPS) is 17.8. The van der Waals surface area contributed by atoms with Crippen molar-refractivity contribution in [1.29, 1.82) is 0 Å². The van der Waals surface area contributed by atoms with Gasteiger partial charge < -0.3 is 10.0 Å². The maximum atomic E-state index is 12.5. The molecule has 0 radical (unpaired) electrons. The summed E-state index contributed by atoms with van der Waals surface area (Å²) >= 11 is 0. The summed E-state index contributed by atoms with van der Waals surface area (Å²) in [6, 6.07) is 0. The van der Waals surface area contributed by atoms with Gasteiger partial charge in [-0.3, -0.25) is 9.59 Å². The Kier molecular flexibility index (Phi) is 7.48. The zero-order chi connectivity index (χ0) is 15.7. The Morgan fingerprint density at radius 1 is 1.24 bits per heavy atom. The fraction of sp³-hybridized carbons (Fsp3) is 0.765. The molecule has 4 heteroatoms. The summed E-state index contributed by atoms with van der Waals surface area (Å²) in [5.74, 6) is -0.750. The van der Waals surface area contributed by atoms with E-state index in [4.69, 9.17) is 5.11 Å². The van der Waals surface area contributed by atoms with E-state index >= 15 is 0 Å². The van der Waals surface area contributed by atoms with Gasteiger partial charge in [-0.15, -0.1) is 0 Å². The summed E-state index contributed by atoms with van der Waals surface area (Å²) in [4.78, 5) is 25.2. The first-order valence-electron chi connectivity index (χ1n) is 8.22. The molecular formula is C17H29NO3. The number of carboxylic acids is 1. The minimum absolute atomic E-state index is 0.0400. The lowest BCUT2D eigenvalue weighted by atomic mass is 9.77. The number of nitrogens with zero attached hydrogens (tertiary/aromatic N) is 1. The van der Waals surface area contributed by atoms with E-state index in [0.29, 0.717) is 13.0 Å². The lowest BCUT2D eigenvalue weighted by Gasteiger charge is -2.46. The van der Waals surface area contributed by atoms with Crippen LogP contribution in [0.2, 0.25) is 0 Å². The third kappa shape index (κ3) is 5.18. The molecule has 1 N–H and O–H groups in total. The molecule has 1 fully saturated rings. The molecule has 0 unspecified atom stereocenters. The maximum absolute atomic E-state index is 12.5. The zero-order valence-corrected chi connectivity index (χ0v) is 13.4. The van der Waals surface area contributed by atoms with Gasteiger partial charge >= 0.3 is 5.97 Å². The minimum Gasteiger partial charge on any atom is -0.481 e. The molecule has 0 aromatic carbocycles. The van der Waals surface area contributed by atoms with Crippen LogP contribution in [0.5, 0.6) is 0 Å². The van der Waals surface area contributed by atoms with Gasteiger partial charge in [0.2, 0.25) is 5.91 Å². The molecule has 1 rings (SSSR count). The highest BCUT2D eigenvalue weighted by atomic mass is 16.4. The molecule has 0 aromatic rings. The molecule has 0 heterocycles. The van der Waals surface area contributed by atoms with E-state index in [-0.39, 0.29) is 17.9 Å². The molecule has 0 aromatic heterocycles. The fourth-order valence-electron chi connectivity index (χ4n) is 3.53. The smallest absolute Gasteiger partial charge is 0.303 e. The van der Waals surface area contributed by atoms with E-state index < -0.39 is 5.97 Å². The Morgan fingerprint density at radius 2 is 1.90 bits per heavy atom. The van der Waals surface area contributed by atoms with Gasteiger partial charge in [-0.05, 0) is 38.7 Å². The van der Waals surface area contributed by atoms with Crippen molar-refractivity contribution in [3.8, 4) is 0 Å². The van der Waals surface area contributed by atoms with Crippen LogP contribution in [0, 0.1) is 0 Å². The van der Waals surface area contributed by atoms with Crippen molar-refractivity contribution in [2.75, 3.05) is 6.54 Å². The summed E-state index contributed by atoms with van der Waals surface area (Å²) in [5.41, 5.74) is -0.0535. The van der Waals surface area contributed by atoms with Gasteiger partial charge in [-0.2, -0.15) is 0 Å². The average Bonchev–Trinajstić information content (AvgIpc) is 2.44. The summed E-state index contributed by atoms with van der Waals surface area (Å²) in [5, 5.41) is 8.83. The quantitative estimate of drug-likeness (QED) is 0.694. The first kappa shape index (κ1) is 17.7. The zero-order valence-electron chi connectivity index (χ0n) is 13.4. The van der Waals surface area contributed by atoms with Gasteiger partial charge in [0.1, 0.15) is 0 Å². The van der Waals surface area contributed by atoms with E-state index in [2.05, 4.69) is 6.92 Å². The first-order chi connectivity index (χ1) is 10.1. The number of allylic oxidation sites excluding steroid dienone is 1. The molecule has 0 aliphatic heterocycles. The second kappa shape index (κ2) is 8.85. The van der Waals surface area contributed by atoms with E-state index in [0.717, 1.165) is 25.7 Å². The van der Waals surface area contributed by atoms with Crippen molar-refractivity contribution >= 4 is 11.9 Å². The Labute approximate surface area is 128 Å². The number of rotatable bonds is 8. The number of carbonyl (C=O) groups is 2. The maximum Gasteiger partial charge on any atom is 0.303 e. The summed E-state index contributed by atoms with van der Waals surface area (Å²) in [6.45, 7) is 4.56. The van der Waals surface area contributed by atoms with Crippen LogP contribution in [-0.2, 0) is 9.59 Å². The fourth-order valence-corrected chi connectivity index (χ4v) is 3.53. The van der Waals surface area contributed by atoms with Gasteiger partial charge in [0.05, 0.1) is 0 Å². The molecule has 1 aliphatic rings. The number of hydrogen-bond donors (Lipinski definition) is 1. The number of carboxylic acid groups (broad SMARTS) is 1. The number of aliphatic carboxylic acids is 1. The molecule has 4 nitrogen and oxygen atoms in total. The lowest BCUT2D eigenvalue weighted by molar-refractivity contribution is -0.139. The predicted octanol–water partition coefficient (Wildman–Crippen LogP) is 3.76. The van der Waals surface area contributed by atoms with Crippen molar-refractivity contribution in [2.24, 2.45) is 0 Å².